The van der Waals surface area contributed by atoms with Crippen molar-refractivity contribution in [3.8, 4) is 11.1 Å². The number of nitrogens with one attached hydrogen (secondary N) is 2. The Balaban J connectivity index is 1.41. The van der Waals surface area contributed by atoms with Gasteiger partial charge in [0.1, 0.15) is 13.2 Å². The molecule has 0 fully saturated rings. The summed E-state index contributed by atoms with van der Waals surface area (Å²) >= 11 is 0. The highest BCUT2D eigenvalue weighted by molar-refractivity contribution is 5.79. The van der Waals surface area contributed by atoms with Crippen LogP contribution >= 0.6 is 0 Å². The van der Waals surface area contributed by atoms with Crippen molar-refractivity contribution in [1.29, 1.82) is 0 Å². The molecule has 0 aliphatic heterocycles. The lowest BCUT2D eigenvalue weighted by Crippen LogP contribution is -2.52. The summed E-state index contributed by atoms with van der Waals surface area (Å²) in [5.74, 6) is -1.25. The van der Waals surface area contributed by atoms with Gasteiger partial charge in [0.2, 0.25) is 0 Å². The molecule has 3 aromatic rings. The molecule has 3 aromatic carbocycles. The van der Waals surface area contributed by atoms with Gasteiger partial charge >= 0.3 is 12.1 Å². The highest BCUT2D eigenvalue weighted by Crippen LogP contribution is 2.44. The van der Waals surface area contributed by atoms with E-state index in [4.69, 9.17) is 4.74 Å². The maximum absolute atomic E-state index is 12.6. The lowest BCUT2D eigenvalue weighted by Gasteiger charge is -2.23. The fraction of sp³-hybridized carbons (Fsp3) is 0.167. The molecule has 0 saturated carbocycles. The highest BCUT2D eigenvalue weighted by Gasteiger charge is 2.30. The quantitative estimate of drug-likeness (QED) is 0.486. The van der Waals surface area contributed by atoms with Crippen LogP contribution in [0.25, 0.3) is 11.1 Å². The summed E-state index contributed by atoms with van der Waals surface area (Å²) in [5, 5.41) is 10.1. The van der Waals surface area contributed by atoms with Crippen molar-refractivity contribution in [2.24, 2.45) is 0 Å². The Morgan fingerprint density at radius 3 is 2.06 bits per heavy atom. The van der Waals surface area contributed by atoms with Crippen LogP contribution in [0.1, 0.15) is 22.6 Å². The summed E-state index contributed by atoms with van der Waals surface area (Å²) in [4.78, 5) is 23.9. The van der Waals surface area contributed by atoms with Crippen LogP contribution < -0.4 is 11.0 Å². The van der Waals surface area contributed by atoms with Gasteiger partial charge in [-0.3, -0.25) is 4.79 Å². The Kier molecular flexibility index (Phi) is 6.26. The predicted molar refractivity (Wildman–Crippen MR) is 116 cm³/mol. The zero-order valence-electron chi connectivity index (χ0n) is 16.8. The molecule has 0 aromatic heterocycles. The van der Waals surface area contributed by atoms with Gasteiger partial charge in [-0.25, -0.2) is 15.2 Å². The molecule has 0 bridgehead atoms. The molecule has 0 saturated heterocycles. The number of rotatable bonds is 8. The second-order valence-corrected chi connectivity index (χ2v) is 7.23. The maximum atomic E-state index is 12.6. The van der Waals surface area contributed by atoms with Crippen molar-refractivity contribution >= 4 is 12.1 Å². The van der Waals surface area contributed by atoms with Crippen LogP contribution in [0.2, 0.25) is 0 Å². The fourth-order valence-corrected chi connectivity index (χ4v) is 3.79. The number of carbonyl (C=O) groups excluding carboxylic acids is 1. The minimum Gasteiger partial charge on any atom is -0.480 e. The second-order valence-electron chi connectivity index (χ2n) is 7.23. The molecule has 0 heterocycles. The van der Waals surface area contributed by atoms with E-state index in [0.29, 0.717) is 6.54 Å². The first-order chi connectivity index (χ1) is 15.1. The number of nitrogens with zero attached hydrogens (tertiary/aromatic N) is 1. The number of carboxylic acid groups (broad SMARTS) is 1. The van der Waals surface area contributed by atoms with E-state index in [1.165, 1.54) is 0 Å². The van der Waals surface area contributed by atoms with Crippen LogP contribution in [0.15, 0.2) is 78.9 Å². The zero-order valence-corrected chi connectivity index (χ0v) is 16.8. The summed E-state index contributed by atoms with van der Waals surface area (Å²) in [6.45, 7) is -0.0184. The predicted octanol–water partition coefficient (Wildman–Crippen LogP) is 3.53. The minimum atomic E-state index is -1.15. The third-order valence-corrected chi connectivity index (χ3v) is 5.20. The van der Waals surface area contributed by atoms with E-state index in [0.717, 1.165) is 32.8 Å². The van der Waals surface area contributed by atoms with Crippen LogP contribution in [0.4, 0.5) is 4.79 Å². The molecule has 1 aliphatic carbocycles. The molecule has 4 rings (SSSR count). The minimum absolute atomic E-state index is 0.0969. The third-order valence-electron chi connectivity index (χ3n) is 5.20. The smallest absolute Gasteiger partial charge is 0.425 e. The number of carbonyl (C=O) groups is 2. The Hall–Kier alpha value is -3.68. The van der Waals surface area contributed by atoms with Crippen LogP contribution in [0.3, 0.4) is 0 Å². The summed E-state index contributed by atoms with van der Waals surface area (Å²) in [7, 11) is 0. The molecule has 0 unspecified atom stereocenters. The second kappa shape index (κ2) is 9.42. The van der Waals surface area contributed by atoms with E-state index in [1.807, 2.05) is 66.7 Å². The number of fused-ring (bicyclic) bond motifs is 3. The Morgan fingerprint density at radius 2 is 1.45 bits per heavy atom. The van der Waals surface area contributed by atoms with Crippen molar-refractivity contribution in [3.05, 3.63) is 95.6 Å². The van der Waals surface area contributed by atoms with Gasteiger partial charge < -0.3 is 9.84 Å². The van der Waals surface area contributed by atoms with Gasteiger partial charge in [-0.2, -0.15) is 5.53 Å². The highest BCUT2D eigenvalue weighted by atomic mass is 16.6. The first-order valence-corrected chi connectivity index (χ1v) is 10.00. The average Bonchev–Trinajstić information content (AvgIpc) is 3.11. The Labute approximate surface area is 180 Å². The van der Waals surface area contributed by atoms with Crippen molar-refractivity contribution in [1.82, 2.24) is 16.0 Å². The first-order valence-electron chi connectivity index (χ1n) is 10.00. The van der Waals surface area contributed by atoms with E-state index in [1.54, 1.807) is 0 Å². The van der Waals surface area contributed by atoms with Gasteiger partial charge in [-0.05, 0) is 27.8 Å². The standard InChI is InChI=1S/C24H23N3O4/c28-23(29)15-27(26-25-14-17-8-2-1-3-9-17)24(30)31-16-22-20-12-6-4-10-18(20)19-11-5-7-13-21(19)22/h1-13,22,25-26H,14-16H2,(H,28,29). The monoisotopic (exact) mass is 417 g/mol. The number of ether oxygens (including phenoxy) is 1. The van der Waals surface area contributed by atoms with Gasteiger partial charge in [0.05, 0.1) is 0 Å². The van der Waals surface area contributed by atoms with Crippen molar-refractivity contribution in [2.75, 3.05) is 13.2 Å². The molecule has 0 spiro atoms. The number of hydrazine groups is 2. The number of benzene rings is 3. The van der Waals surface area contributed by atoms with Crippen LogP contribution in [-0.4, -0.2) is 35.3 Å². The van der Waals surface area contributed by atoms with E-state index in [-0.39, 0.29) is 12.5 Å². The van der Waals surface area contributed by atoms with E-state index < -0.39 is 18.6 Å². The Morgan fingerprint density at radius 1 is 0.871 bits per heavy atom. The molecule has 0 atom stereocenters. The van der Waals surface area contributed by atoms with E-state index in [9.17, 15) is 14.7 Å². The molecule has 7 nitrogen and oxygen atoms in total. The molecule has 31 heavy (non-hydrogen) atoms. The summed E-state index contributed by atoms with van der Waals surface area (Å²) in [6.07, 6.45) is -0.759. The number of carboxylic acids is 1. The normalized spacial score (nSPS) is 12.1. The zero-order chi connectivity index (χ0) is 21.6. The molecule has 3 N–H and O–H groups in total. The molecule has 1 aliphatic rings. The van der Waals surface area contributed by atoms with Gasteiger partial charge in [-0.1, -0.05) is 78.9 Å². The van der Waals surface area contributed by atoms with Crippen molar-refractivity contribution < 1.29 is 19.4 Å². The number of hydrogen-bond acceptors (Lipinski definition) is 5. The van der Waals surface area contributed by atoms with Crippen molar-refractivity contribution in [2.45, 2.75) is 12.5 Å². The average molecular weight is 417 g/mol. The molecule has 7 heteroatoms. The third kappa shape index (κ3) is 4.74. The van der Waals surface area contributed by atoms with Gasteiger partial charge in [0.15, 0.2) is 0 Å². The first kappa shape index (κ1) is 20.6. The van der Waals surface area contributed by atoms with Gasteiger partial charge in [0.25, 0.3) is 0 Å². The van der Waals surface area contributed by atoms with Crippen LogP contribution in [0, 0.1) is 0 Å². The van der Waals surface area contributed by atoms with Gasteiger partial charge in [-0.15, -0.1) is 0 Å². The number of aliphatic carboxylic acids is 1. The fourth-order valence-electron chi connectivity index (χ4n) is 3.79. The SMILES string of the molecule is O=C(O)CN(NNCc1ccccc1)C(=O)OCC1c2ccccc2-c2ccccc21. The molecule has 1 amide bonds. The Bertz CT molecular complexity index is 1030. The topological polar surface area (TPSA) is 90.9 Å². The molecular weight excluding hydrogens is 394 g/mol. The summed E-state index contributed by atoms with van der Waals surface area (Å²) in [6, 6.07) is 25.6. The maximum Gasteiger partial charge on any atom is 0.425 e. The molecule has 158 valence electrons. The molecular formula is C24H23N3O4. The van der Waals surface area contributed by atoms with Gasteiger partial charge in [0, 0.05) is 12.5 Å². The number of amides is 1. The summed E-state index contributed by atoms with van der Waals surface area (Å²) in [5.41, 5.74) is 10.9. The van der Waals surface area contributed by atoms with Crippen LogP contribution in [0.5, 0.6) is 0 Å². The molecule has 0 radical (unpaired) electrons. The van der Waals surface area contributed by atoms with Crippen LogP contribution in [-0.2, 0) is 16.1 Å². The van der Waals surface area contributed by atoms with E-state index >= 15 is 0 Å². The lowest BCUT2D eigenvalue weighted by atomic mass is 9.98. The van der Waals surface area contributed by atoms with Crippen molar-refractivity contribution in [3.63, 3.8) is 0 Å². The lowest BCUT2D eigenvalue weighted by molar-refractivity contribution is -0.139. The largest absolute Gasteiger partial charge is 0.480 e. The number of hydrogen-bond donors (Lipinski definition) is 3. The summed E-state index contributed by atoms with van der Waals surface area (Å²) < 4.78 is 5.53. The van der Waals surface area contributed by atoms with E-state index in [2.05, 4.69) is 23.1 Å².